The van der Waals surface area contributed by atoms with Crippen molar-refractivity contribution in [3.8, 4) is 11.4 Å². The van der Waals surface area contributed by atoms with Crippen LogP contribution in [0.3, 0.4) is 0 Å². The smallest absolute Gasteiger partial charge is 0.343 e. The van der Waals surface area contributed by atoms with Crippen LogP contribution >= 0.6 is 0 Å². The Balaban J connectivity index is 1.79. The second-order valence-corrected chi connectivity index (χ2v) is 9.26. The monoisotopic (exact) mass is 487 g/mol. The van der Waals surface area contributed by atoms with Gasteiger partial charge in [-0.3, -0.25) is 4.79 Å². The highest BCUT2D eigenvalue weighted by Gasteiger charge is 2.45. The molecule has 35 heavy (non-hydrogen) atoms. The molecule has 5 rings (SSSR count). The Morgan fingerprint density at radius 2 is 1.94 bits per heavy atom. The summed E-state index contributed by atoms with van der Waals surface area (Å²) in [6.45, 7) is 5.68. The van der Waals surface area contributed by atoms with Gasteiger partial charge in [0.05, 0.1) is 29.0 Å². The summed E-state index contributed by atoms with van der Waals surface area (Å²) in [4.78, 5) is 30.2. The van der Waals surface area contributed by atoms with Crippen molar-refractivity contribution in [2.24, 2.45) is 0 Å². The number of carbonyl (C=O) groups is 1. The van der Waals surface area contributed by atoms with E-state index < -0.39 is 34.6 Å². The Morgan fingerprint density at radius 1 is 1.20 bits per heavy atom. The lowest BCUT2D eigenvalue weighted by atomic mass is 9.86. The first-order valence-electron chi connectivity index (χ1n) is 11.5. The number of pyridine rings is 2. The van der Waals surface area contributed by atoms with Gasteiger partial charge in [-0.1, -0.05) is 20.8 Å². The third-order valence-electron chi connectivity index (χ3n) is 6.85. The van der Waals surface area contributed by atoms with Gasteiger partial charge in [-0.25, -0.2) is 22.9 Å². The molecule has 0 aliphatic carbocycles. The number of hydrogen-bond donors (Lipinski definition) is 2. The molecule has 3 aromatic rings. The minimum Gasteiger partial charge on any atom is -0.458 e. The molecular weight excluding hydrogens is 463 g/mol. The maximum absolute atomic E-state index is 15.0. The summed E-state index contributed by atoms with van der Waals surface area (Å²) in [5, 5.41) is 14.1. The lowest BCUT2D eigenvalue weighted by Gasteiger charge is -2.31. The van der Waals surface area contributed by atoms with Crippen molar-refractivity contribution >= 4 is 16.9 Å². The number of ether oxygens (including phenoxy) is 1. The Morgan fingerprint density at radius 3 is 2.63 bits per heavy atom. The molecule has 1 atom stereocenters. The van der Waals surface area contributed by atoms with Crippen molar-refractivity contribution in [2.75, 3.05) is 6.54 Å². The Hall–Kier alpha value is -3.24. The average Bonchev–Trinajstić information content (AvgIpc) is 3.18. The highest BCUT2D eigenvalue weighted by atomic mass is 19.2. The predicted molar refractivity (Wildman–Crippen MR) is 121 cm³/mol. The molecule has 2 N–H and O–H groups in total. The summed E-state index contributed by atoms with van der Waals surface area (Å²) in [6, 6.07) is 2.51. The highest BCUT2D eigenvalue weighted by Crippen LogP contribution is 2.41. The van der Waals surface area contributed by atoms with Crippen LogP contribution in [-0.4, -0.2) is 33.2 Å². The minimum atomic E-state index is -1.99. The van der Waals surface area contributed by atoms with Gasteiger partial charge in [0.1, 0.15) is 6.61 Å². The standard InChI is InChI=1S/C25H24F3N3O4/c1-4-25(34)15-7-18-22-13(9-31(18)23(32)14(15)10-35-24(25)33)12(5-6-29-11(2)3)19-17(30-22)8-16(26)20(27)21(19)28/h7-8,11,29,34H,4-6,9-10H2,1-3H3/t25-/m0/s1. The lowest BCUT2D eigenvalue weighted by Crippen LogP contribution is -2.44. The van der Waals surface area contributed by atoms with Crippen molar-refractivity contribution in [2.45, 2.75) is 58.4 Å². The third-order valence-corrected chi connectivity index (χ3v) is 6.85. The second-order valence-electron chi connectivity index (χ2n) is 9.26. The number of halogens is 3. The van der Waals surface area contributed by atoms with Crippen LogP contribution in [0.1, 0.15) is 49.4 Å². The number of esters is 1. The maximum atomic E-state index is 15.0. The minimum absolute atomic E-state index is 0.0123. The molecule has 0 amide bonds. The summed E-state index contributed by atoms with van der Waals surface area (Å²) in [7, 11) is 0. The largest absolute Gasteiger partial charge is 0.458 e. The zero-order valence-electron chi connectivity index (χ0n) is 19.5. The number of benzene rings is 1. The third kappa shape index (κ3) is 3.38. The molecule has 0 unspecified atom stereocenters. The second kappa shape index (κ2) is 8.17. The molecule has 4 heterocycles. The molecule has 0 radical (unpaired) electrons. The first kappa shape index (κ1) is 23.5. The topological polar surface area (TPSA) is 93.5 Å². The van der Waals surface area contributed by atoms with E-state index >= 15 is 0 Å². The van der Waals surface area contributed by atoms with Crippen LogP contribution in [-0.2, 0) is 34.7 Å². The molecule has 184 valence electrons. The first-order valence-corrected chi connectivity index (χ1v) is 11.5. The SMILES string of the molecule is CC[C@@]1(O)C(=O)OCc2c1cc1n(c2=O)Cc2c-1nc1cc(F)c(F)c(F)c1c2CCNC(C)C. The number of rotatable bonds is 5. The van der Waals surface area contributed by atoms with E-state index in [1.54, 1.807) is 6.92 Å². The molecule has 2 aliphatic rings. The van der Waals surface area contributed by atoms with E-state index in [9.17, 15) is 27.9 Å². The van der Waals surface area contributed by atoms with Gasteiger partial charge in [-0.05, 0) is 31.0 Å². The van der Waals surface area contributed by atoms with E-state index in [4.69, 9.17) is 4.74 Å². The van der Waals surface area contributed by atoms with Crippen molar-refractivity contribution in [1.82, 2.24) is 14.9 Å². The number of aromatic nitrogens is 2. The molecule has 0 spiro atoms. The summed E-state index contributed by atoms with van der Waals surface area (Å²) in [6.07, 6.45) is 0.270. The maximum Gasteiger partial charge on any atom is 0.343 e. The fraction of sp³-hybridized carbons (Fsp3) is 0.400. The van der Waals surface area contributed by atoms with Gasteiger partial charge in [0, 0.05) is 28.6 Å². The van der Waals surface area contributed by atoms with Crippen LogP contribution in [0.15, 0.2) is 16.9 Å². The van der Waals surface area contributed by atoms with Crippen molar-refractivity contribution < 1.29 is 27.8 Å². The van der Waals surface area contributed by atoms with Crippen molar-refractivity contribution in [3.63, 3.8) is 0 Å². The van der Waals surface area contributed by atoms with Crippen LogP contribution < -0.4 is 10.9 Å². The van der Waals surface area contributed by atoms with Gasteiger partial charge in [-0.2, -0.15) is 0 Å². The number of cyclic esters (lactones) is 1. The zero-order valence-corrected chi connectivity index (χ0v) is 19.5. The highest BCUT2D eigenvalue weighted by molar-refractivity contribution is 5.89. The van der Waals surface area contributed by atoms with Gasteiger partial charge in [0.25, 0.3) is 5.56 Å². The fourth-order valence-corrected chi connectivity index (χ4v) is 4.99. The molecule has 2 aliphatic heterocycles. The summed E-state index contributed by atoms with van der Waals surface area (Å²) >= 11 is 0. The van der Waals surface area contributed by atoms with Gasteiger partial charge in [0.2, 0.25) is 0 Å². The van der Waals surface area contributed by atoms with Gasteiger partial charge >= 0.3 is 5.97 Å². The molecule has 2 aromatic heterocycles. The number of fused-ring (bicyclic) bond motifs is 5. The Kier molecular flexibility index (Phi) is 5.48. The number of hydrogen-bond acceptors (Lipinski definition) is 6. The number of nitrogens with zero attached hydrogens (tertiary/aromatic N) is 2. The van der Waals surface area contributed by atoms with E-state index in [1.807, 2.05) is 13.8 Å². The van der Waals surface area contributed by atoms with E-state index in [2.05, 4.69) is 10.3 Å². The van der Waals surface area contributed by atoms with Gasteiger partial charge in [-0.15, -0.1) is 0 Å². The fourth-order valence-electron chi connectivity index (χ4n) is 4.99. The first-order chi connectivity index (χ1) is 16.6. The van der Waals surface area contributed by atoms with Crippen LogP contribution in [0.25, 0.3) is 22.3 Å². The van der Waals surface area contributed by atoms with E-state index in [1.165, 1.54) is 10.6 Å². The molecule has 10 heteroatoms. The lowest BCUT2D eigenvalue weighted by molar-refractivity contribution is -0.172. The van der Waals surface area contributed by atoms with Gasteiger partial charge < -0.3 is 19.7 Å². The van der Waals surface area contributed by atoms with Crippen molar-refractivity contribution in [3.05, 3.63) is 62.2 Å². The molecule has 0 bridgehead atoms. The Bertz CT molecular complexity index is 1470. The van der Waals surface area contributed by atoms with Crippen LogP contribution in [0.4, 0.5) is 13.2 Å². The van der Waals surface area contributed by atoms with E-state index in [-0.39, 0.29) is 54.1 Å². The van der Waals surface area contributed by atoms with E-state index in [0.29, 0.717) is 29.1 Å². The number of aliphatic hydroxyl groups is 1. The average molecular weight is 487 g/mol. The summed E-state index contributed by atoms with van der Waals surface area (Å²) in [5.41, 5.74) is -0.689. The van der Waals surface area contributed by atoms with Crippen LogP contribution in [0.2, 0.25) is 0 Å². The number of carbonyl (C=O) groups excluding carboxylic acids is 1. The zero-order chi connectivity index (χ0) is 25.2. The molecule has 0 fully saturated rings. The predicted octanol–water partition coefficient (Wildman–Crippen LogP) is 3.04. The summed E-state index contributed by atoms with van der Waals surface area (Å²) < 4.78 is 49.8. The van der Waals surface area contributed by atoms with E-state index in [0.717, 1.165) is 6.07 Å². The molecule has 1 aromatic carbocycles. The quantitative estimate of drug-likeness (QED) is 0.332. The van der Waals surface area contributed by atoms with Gasteiger partial charge in [0.15, 0.2) is 23.1 Å². The Labute approximate surface area is 198 Å². The molecule has 0 saturated carbocycles. The molecule has 7 nitrogen and oxygen atoms in total. The number of nitrogens with one attached hydrogen (secondary N) is 1. The van der Waals surface area contributed by atoms with Crippen LogP contribution in [0, 0.1) is 17.5 Å². The summed E-state index contributed by atoms with van der Waals surface area (Å²) in [5.74, 6) is -5.11. The normalized spacial score (nSPS) is 18.6. The molecule has 0 saturated heterocycles. The van der Waals surface area contributed by atoms with Crippen molar-refractivity contribution in [1.29, 1.82) is 0 Å². The van der Waals surface area contributed by atoms with Crippen LogP contribution in [0.5, 0.6) is 0 Å². The molecular formula is C25H24F3N3O4.